The van der Waals surface area contributed by atoms with Crippen molar-refractivity contribution in [2.75, 3.05) is 19.7 Å². The molecule has 1 unspecified atom stereocenters. The number of aliphatic hydroxyl groups excluding tert-OH is 1. The second kappa shape index (κ2) is 5.29. The molecule has 1 fully saturated rings. The van der Waals surface area contributed by atoms with Gasteiger partial charge in [0, 0.05) is 0 Å². The van der Waals surface area contributed by atoms with Crippen molar-refractivity contribution >= 4 is 0 Å². The van der Waals surface area contributed by atoms with E-state index in [1.54, 1.807) is 0 Å². The topological polar surface area (TPSA) is 23.5 Å². The van der Waals surface area contributed by atoms with E-state index in [9.17, 15) is 5.11 Å². The molecule has 15 heavy (non-hydrogen) atoms. The molecule has 1 saturated heterocycles. The van der Waals surface area contributed by atoms with Gasteiger partial charge in [-0.15, -0.1) is 0 Å². The lowest BCUT2D eigenvalue weighted by Gasteiger charge is -2.33. The lowest BCUT2D eigenvalue weighted by molar-refractivity contribution is 0.104. The molecular weight excluding hydrogens is 186 g/mol. The van der Waals surface area contributed by atoms with Gasteiger partial charge in [-0.25, -0.2) is 0 Å². The Kier molecular flexibility index (Phi) is 3.75. The highest BCUT2D eigenvalue weighted by atomic mass is 16.3. The minimum Gasteiger partial charge on any atom is -0.394 e. The summed E-state index contributed by atoms with van der Waals surface area (Å²) in [7, 11) is 0. The Morgan fingerprint density at radius 1 is 1.07 bits per heavy atom. The molecule has 0 amide bonds. The molecule has 0 radical (unpaired) electrons. The van der Waals surface area contributed by atoms with Gasteiger partial charge >= 0.3 is 0 Å². The Balaban J connectivity index is 2.09. The summed E-state index contributed by atoms with van der Waals surface area (Å²) >= 11 is 0. The lowest BCUT2D eigenvalue weighted by Crippen LogP contribution is -2.35. The third-order valence-electron chi connectivity index (χ3n) is 3.19. The molecule has 1 aliphatic rings. The van der Waals surface area contributed by atoms with Gasteiger partial charge in [-0.3, -0.25) is 4.90 Å². The van der Waals surface area contributed by atoms with E-state index < -0.39 is 0 Å². The number of hydrogen-bond acceptors (Lipinski definition) is 2. The first-order valence-corrected chi connectivity index (χ1v) is 5.81. The summed E-state index contributed by atoms with van der Waals surface area (Å²) < 4.78 is 0. The summed E-state index contributed by atoms with van der Waals surface area (Å²) in [6.07, 6.45) is 3.87. The molecule has 1 atom stereocenters. The van der Waals surface area contributed by atoms with E-state index in [-0.39, 0.29) is 12.6 Å². The van der Waals surface area contributed by atoms with Gasteiger partial charge in [-0.1, -0.05) is 36.8 Å². The van der Waals surface area contributed by atoms with Crippen LogP contribution in [0.25, 0.3) is 0 Å². The maximum absolute atomic E-state index is 9.49. The molecule has 2 nitrogen and oxygen atoms in total. The van der Waals surface area contributed by atoms with E-state index in [0.29, 0.717) is 0 Å². The predicted molar refractivity (Wildman–Crippen MR) is 61.7 cm³/mol. The Morgan fingerprint density at radius 3 is 2.33 bits per heavy atom. The minimum atomic E-state index is 0.200. The van der Waals surface area contributed by atoms with Crippen molar-refractivity contribution in [2.24, 2.45) is 0 Å². The standard InChI is InChI=1S/C13H19NO/c15-11-13(12-7-3-1-4-8-12)14-9-5-2-6-10-14/h1,3-4,7-8,13,15H,2,5-6,9-11H2. The summed E-state index contributed by atoms with van der Waals surface area (Å²) in [5.41, 5.74) is 1.24. The molecule has 1 heterocycles. The smallest absolute Gasteiger partial charge is 0.0628 e. The van der Waals surface area contributed by atoms with Crippen LogP contribution in [0.1, 0.15) is 30.9 Å². The fourth-order valence-corrected chi connectivity index (χ4v) is 2.34. The van der Waals surface area contributed by atoms with Gasteiger partial charge in [0.15, 0.2) is 0 Å². The summed E-state index contributed by atoms with van der Waals surface area (Å²) in [5.74, 6) is 0. The second-order valence-corrected chi connectivity index (χ2v) is 4.21. The molecule has 1 aromatic rings. The van der Waals surface area contributed by atoms with Crippen molar-refractivity contribution in [2.45, 2.75) is 25.3 Å². The van der Waals surface area contributed by atoms with Crippen LogP contribution in [0.4, 0.5) is 0 Å². The molecule has 0 aromatic heterocycles. The number of hydrogen-bond donors (Lipinski definition) is 1. The van der Waals surface area contributed by atoms with E-state index >= 15 is 0 Å². The maximum Gasteiger partial charge on any atom is 0.0628 e. The molecule has 1 aliphatic heterocycles. The number of rotatable bonds is 3. The number of nitrogens with zero attached hydrogens (tertiary/aromatic N) is 1. The Labute approximate surface area is 91.5 Å². The van der Waals surface area contributed by atoms with Gasteiger partial charge in [-0.05, 0) is 31.5 Å². The zero-order valence-electron chi connectivity index (χ0n) is 9.10. The Bertz CT molecular complexity index is 280. The first-order chi connectivity index (χ1) is 7.42. The molecule has 0 aliphatic carbocycles. The van der Waals surface area contributed by atoms with E-state index in [1.807, 2.05) is 18.2 Å². The van der Waals surface area contributed by atoms with Gasteiger partial charge in [0.2, 0.25) is 0 Å². The summed E-state index contributed by atoms with van der Waals surface area (Å²) in [6.45, 7) is 2.48. The molecule has 1 N–H and O–H groups in total. The van der Waals surface area contributed by atoms with Crippen LogP contribution in [-0.2, 0) is 0 Å². The number of likely N-dealkylation sites (tertiary alicyclic amines) is 1. The van der Waals surface area contributed by atoms with E-state index in [4.69, 9.17) is 0 Å². The van der Waals surface area contributed by atoms with Crippen molar-refractivity contribution < 1.29 is 5.11 Å². The first kappa shape index (κ1) is 10.7. The van der Waals surface area contributed by atoms with Crippen molar-refractivity contribution in [3.05, 3.63) is 35.9 Å². The van der Waals surface area contributed by atoms with Crippen LogP contribution >= 0.6 is 0 Å². The third kappa shape index (κ3) is 2.58. The highest BCUT2D eigenvalue weighted by Gasteiger charge is 2.20. The predicted octanol–water partition coefficient (Wildman–Crippen LogP) is 2.21. The molecule has 82 valence electrons. The van der Waals surface area contributed by atoms with Crippen LogP contribution in [0.3, 0.4) is 0 Å². The number of piperidine rings is 1. The van der Waals surface area contributed by atoms with Gasteiger partial charge < -0.3 is 5.11 Å². The lowest BCUT2D eigenvalue weighted by atomic mass is 10.0. The normalized spacial score (nSPS) is 20.1. The van der Waals surface area contributed by atoms with E-state index in [2.05, 4.69) is 17.0 Å². The van der Waals surface area contributed by atoms with Crippen LogP contribution in [-0.4, -0.2) is 29.7 Å². The SMILES string of the molecule is OCC(c1ccccc1)N1CCCCC1. The van der Waals surface area contributed by atoms with Crippen molar-refractivity contribution in [3.8, 4) is 0 Å². The molecule has 2 rings (SSSR count). The van der Waals surface area contributed by atoms with Gasteiger partial charge in [0.25, 0.3) is 0 Å². The van der Waals surface area contributed by atoms with Crippen molar-refractivity contribution in [1.82, 2.24) is 4.90 Å². The highest BCUT2D eigenvalue weighted by Crippen LogP contribution is 2.23. The zero-order valence-corrected chi connectivity index (χ0v) is 9.10. The third-order valence-corrected chi connectivity index (χ3v) is 3.19. The molecular formula is C13H19NO. The summed E-state index contributed by atoms with van der Waals surface area (Å²) in [5, 5.41) is 9.49. The summed E-state index contributed by atoms with van der Waals surface area (Å²) in [4.78, 5) is 2.40. The van der Waals surface area contributed by atoms with Gasteiger partial charge in [-0.2, -0.15) is 0 Å². The van der Waals surface area contributed by atoms with Crippen LogP contribution in [0.5, 0.6) is 0 Å². The Hall–Kier alpha value is -0.860. The molecule has 2 heteroatoms. The minimum absolute atomic E-state index is 0.200. The fraction of sp³-hybridized carbons (Fsp3) is 0.538. The second-order valence-electron chi connectivity index (χ2n) is 4.21. The van der Waals surface area contributed by atoms with Gasteiger partial charge in [0.05, 0.1) is 12.6 Å². The molecule has 0 spiro atoms. The average molecular weight is 205 g/mol. The average Bonchev–Trinajstić information content (AvgIpc) is 2.33. The van der Waals surface area contributed by atoms with E-state index in [1.165, 1.54) is 24.8 Å². The first-order valence-electron chi connectivity index (χ1n) is 5.81. The fourth-order valence-electron chi connectivity index (χ4n) is 2.34. The molecule has 0 bridgehead atoms. The van der Waals surface area contributed by atoms with Crippen molar-refractivity contribution in [1.29, 1.82) is 0 Å². The summed E-state index contributed by atoms with van der Waals surface area (Å²) in [6, 6.07) is 10.5. The maximum atomic E-state index is 9.49. The number of aliphatic hydroxyl groups is 1. The molecule has 1 aromatic carbocycles. The quantitative estimate of drug-likeness (QED) is 0.817. The van der Waals surface area contributed by atoms with Crippen LogP contribution < -0.4 is 0 Å². The number of benzene rings is 1. The monoisotopic (exact) mass is 205 g/mol. The zero-order chi connectivity index (χ0) is 10.5. The Morgan fingerprint density at radius 2 is 1.73 bits per heavy atom. The highest BCUT2D eigenvalue weighted by molar-refractivity contribution is 5.19. The van der Waals surface area contributed by atoms with E-state index in [0.717, 1.165) is 13.1 Å². The van der Waals surface area contributed by atoms with Crippen molar-refractivity contribution in [3.63, 3.8) is 0 Å². The van der Waals surface area contributed by atoms with Crippen LogP contribution in [0, 0.1) is 0 Å². The van der Waals surface area contributed by atoms with Crippen LogP contribution in [0.2, 0.25) is 0 Å². The van der Waals surface area contributed by atoms with Crippen LogP contribution in [0.15, 0.2) is 30.3 Å². The largest absolute Gasteiger partial charge is 0.394 e. The molecule has 0 saturated carbocycles. The van der Waals surface area contributed by atoms with Gasteiger partial charge in [0.1, 0.15) is 0 Å².